The number of rotatable bonds is 4. The van der Waals surface area contributed by atoms with Gasteiger partial charge in [0.05, 0.1) is 23.7 Å². The van der Waals surface area contributed by atoms with Crippen LogP contribution in [0.5, 0.6) is 5.75 Å². The molecule has 3 rings (SSSR count). The number of phenols is 1. The van der Waals surface area contributed by atoms with E-state index >= 15 is 0 Å². The largest absolute Gasteiger partial charge is 0.507 e. The lowest BCUT2D eigenvalue weighted by Crippen LogP contribution is -2.55. The highest BCUT2D eigenvalue weighted by Crippen LogP contribution is 2.41. The standard InChI is InChI=1S/C19H24O9/c1-7-3-10(22)14(19-17(26)16(25)15(24)12(6-20)28-19)18-13(7)11(23)5-9(27-18)4-8(2)21/h3,5,8,12,15-17,19-22,24-26H,4,6H2,1-2H3/t8-,12-,15-,16+,17-,19-/m1/s1. The molecule has 1 saturated heterocycles. The van der Waals surface area contributed by atoms with E-state index in [4.69, 9.17) is 9.15 Å². The maximum absolute atomic E-state index is 12.6. The molecule has 1 aromatic carbocycles. The Kier molecular flexibility index (Phi) is 5.76. The molecule has 0 aliphatic carbocycles. The van der Waals surface area contributed by atoms with Gasteiger partial charge in [-0.1, -0.05) is 0 Å². The molecule has 0 unspecified atom stereocenters. The van der Waals surface area contributed by atoms with Gasteiger partial charge in [-0.3, -0.25) is 4.79 Å². The van der Waals surface area contributed by atoms with Crippen molar-refractivity contribution >= 4 is 11.0 Å². The average molecular weight is 396 g/mol. The van der Waals surface area contributed by atoms with Crippen LogP contribution >= 0.6 is 0 Å². The lowest BCUT2D eigenvalue weighted by molar-refractivity contribution is -0.231. The fraction of sp³-hybridized carbons (Fsp3) is 0.526. The molecule has 0 bridgehead atoms. The first-order valence-electron chi connectivity index (χ1n) is 8.93. The number of aliphatic hydroxyl groups excluding tert-OH is 5. The summed E-state index contributed by atoms with van der Waals surface area (Å²) in [5.41, 5.74) is -0.106. The Morgan fingerprint density at radius 1 is 1.14 bits per heavy atom. The van der Waals surface area contributed by atoms with Crippen LogP contribution in [0.2, 0.25) is 0 Å². The summed E-state index contributed by atoms with van der Waals surface area (Å²) >= 11 is 0. The van der Waals surface area contributed by atoms with Crippen LogP contribution in [0.4, 0.5) is 0 Å². The van der Waals surface area contributed by atoms with Crippen LogP contribution in [-0.2, 0) is 11.2 Å². The van der Waals surface area contributed by atoms with E-state index in [0.29, 0.717) is 5.56 Å². The first-order chi connectivity index (χ1) is 13.1. The Balaban J connectivity index is 2.24. The quantitative estimate of drug-likeness (QED) is 0.390. The Labute approximate surface area is 160 Å². The van der Waals surface area contributed by atoms with Gasteiger partial charge in [-0.15, -0.1) is 0 Å². The number of aliphatic hydroxyl groups is 5. The third-order valence-corrected chi connectivity index (χ3v) is 4.94. The van der Waals surface area contributed by atoms with Gasteiger partial charge in [0.25, 0.3) is 0 Å². The molecule has 0 spiro atoms. The zero-order chi connectivity index (χ0) is 20.7. The van der Waals surface area contributed by atoms with Crippen molar-refractivity contribution in [3.8, 4) is 5.75 Å². The number of ether oxygens (including phenoxy) is 1. The second kappa shape index (κ2) is 7.78. The first kappa shape index (κ1) is 20.7. The first-order valence-corrected chi connectivity index (χ1v) is 8.93. The van der Waals surface area contributed by atoms with Crippen LogP contribution in [-0.4, -0.2) is 67.8 Å². The van der Waals surface area contributed by atoms with Gasteiger partial charge < -0.3 is 39.8 Å². The third kappa shape index (κ3) is 3.52. The molecule has 28 heavy (non-hydrogen) atoms. The molecule has 9 nitrogen and oxygen atoms in total. The number of fused-ring (bicyclic) bond motifs is 1. The molecule has 154 valence electrons. The number of aryl methyl sites for hydroxylation is 1. The Hall–Kier alpha value is -2.01. The normalized spacial score (nSPS) is 29.2. The van der Waals surface area contributed by atoms with E-state index in [0.717, 1.165) is 0 Å². The number of benzene rings is 1. The average Bonchev–Trinajstić information content (AvgIpc) is 2.60. The van der Waals surface area contributed by atoms with Crippen LogP contribution in [0, 0.1) is 6.92 Å². The lowest BCUT2D eigenvalue weighted by atomic mass is 9.89. The van der Waals surface area contributed by atoms with Gasteiger partial charge in [0, 0.05) is 12.5 Å². The molecule has 2 aromatic rings. The molecule has 1 fully saturated rings. The Bertz CT molecular complexity index is 918. The predicted molar refractivity (Wildman–Crippen MR) is 97.0 cm³/mol. The van der Waals surface area contributed by atoms with Crippen molar-refractivity contribution < 1.29 is 39.8 Å². The maximum Gasteiger partial charge on any atom is 0.193 e. The summed E-state index contributed by atoms with van der Waals surface area (Å²) in [6.07, 6.45) is -8.16. The van der Waals surface area contributed by atoms with Crippen molar-refractivity contribution in [3.05, 3.63) is 39.2 Å². The van der Waals surface area contributed by atoms with Gasteiger partial charge >= 0.3 is 0 Å². The molecule has 0 saturated carbocycles. The van der Waals surface area contributed by atoms with E-state index < -0.39 is 48.7 Å². The van der Waals surface area contributed by atoms with Crippen molar-refractivity contribution in [1.82, 2.24) is 0 Å². The molecule has 6 atom stereocenters. The van der Waals surface area contributed by atoms with Crippen molar-refractivity contribution in [2.45, 2.75) is 56.9 Å². The van der Waals surface area contributed by atoms with Crippen molar-refractivity contribution in [2.75, 3.05) is 6.61 Å². The second-order valence-corrected chi connectivity index (χ2v) is 7.21. The van der Waals surface area contributed by atoms with Crippen molar-refractivity contribution in [1.29, 1.82) is 0 Å². The minimum atomic E-state index is -1.65. The van der Waals surface area contributed by atoms with E-state index in [1.807, 2.05) is 0 Å². The van der Waals surface area contributed by atoms with E-state index in [9.17, 15) is 35.4 Å². The van der Waals surface area contributed by atoms with E-state index in [1.165, 1.54) is 19.1 Å². The number of hydrogen-bond donors (Lipinski definition) is 6. The molecule has 1 aliphatic heterocycles. The molecular weight excluding hydrogens is 372 g/mol. The topological polar surface area (TPSA) is 161 Å². The van der Waals surface area contributed by atoms with Crippen molar-refractivity contribution in [3.63, 3.8) is 0 Å². The lowest BCUT2D eigenvalue weighted by Gasteiger charge is -2.40. The van der Waals surface area contributed by atoms with E-state index in [2.05, 4.69) is 0 Å². The van der Waals surface area contributed by atoms with Crippen molar-refractivity contribution in [2.24, 2.45) is 0 Å². The second-order valence-electron chi connectivity index (χ2n) is 7.21. The number of phenolic OH excluding ortho intramolecular Hbond substituents is 1. The number of hydrogen-bond acceptors (Lipinski definition) is 9. The highest BCUT2D eigenvalue weighted by atomic mass is 16.5. The van der Waals surface area contributed by atoms with Crippen LogP contribution in [0.15, 0.2) is 21.3 Å². The Morgan fingerprint density at radius 3 is 2.43 bits per heavy atom. The van der Waals surface area contributed by atoms with Gasteiger partial charge in [0.2, 0.25) is 0 Å². The molecular formula is C19H24O9. The maximum atomic E-state index is 12.6. The molecule has 9 heteroatoms. The summed E-state index contributed by atoms with van der Waals surface area (Å²) in [6.45, 7) is 2.49. The highest BCUT2D eigenvalue weighted by Gasteiger charge is 2.45. The minimum absolute atomic E-state index is 0.0496. The summed E-state index contributed by atoms with van der Waals surface area (Å²) in [6, 6.07) is 2.56. The fourth-order valence-electron chi connectivity index (χ4n) is 3.58. The zero-order valence-electron chi connectivity index (χ0n) is 15.4. The van der Waals surface area contributed by atoms with E-state index in [-0.39, 0.29) is 34.5 Å². The molecule has 1 aliphatic rings. The molecule has 2 heterocycles. The summed E-state index contributed by atoms with van der Waals surface area (Å²) in [7, 11) is 0. The van der Waals surface area contributed by atoms with Gasteiger partial charge in [0.15, 0.2) is 5.43 Å². The summed E-state index contributed by atoms with van der Waals surface area (Å²) < 4.78 is 11.3. The van der Waals surface area contributed by atoms with Gasteiger partial charge in [-0.2, -0.15) is 0 Å². The predicted octanol–water partition coefficient (Wildman–Crippen LogP) is -0.755. The zero-order valence-corrected chi connectivity index (χ0v) is 15.4. The number of aromatic hydroxyl groups is 1. The molecule has 0 radical (unpaired) electrons. The summed E-state index contributed by atoms with van der Waals surface area (Å²) in [5.74, 6) is -0.171. The highest BCUT2D eigenvalue weighted by molar-refractivity contribution is 5.86. The summed E-state index contributed by atoms with van der Waals surface area (Å²) in [5, 5.41) is 60.2. The smallest absolute Gasteiger partial charge is 0.193 e. The Morgan fingerprint density at radius 2 is 1.82 bits per heavy atom. The monoisotopic (exact) mass is 396 g/mol. The van der Waals surface area contributed by atoms with Gasteiger partial charge in [0.1, 0.15) is 47.6 Å². The van der Waals surface area contributed by atoms with Crippen LogP contribution < -0.4 is 5.43 Å². The molecule has 6 N–H and O–H groups in total. The minimum Gasteiger partial charge on any atom is -0.507 e. The SMILES string of the molecule is Cc1cc(O)c([C@H]2O[C@H](CO)[C@@H](O)[C@H](O)[C@H]2O)c2oc(C[C@@H](C)O)cc(=O)c12. The molecule has 0 amide bonds. The summed E-state index contributed by atoms with van der Waals surface area (Å²) in [4.78, 5) is 12.6. The fourth-order valence-corrected chi connectivity index (χ4v) is 3.58. The van der Waals surface area contributed by atoms with Crippen LogP contribution in [0.1, 0.15) is 29.9 Å². The van der Waals surface area contributed by atoms with Gasteiger partial charge in [-0.25, -0.2) is 0 Å². The van der Waals surface area contributed by atoms with Crippen LogP contribution in [0.3, 0.4) is 0 Å². The molecule has 1 aromatic heterocycles. The van der Waals surface area contributed by atoms with Gasteiger partial charge in [-0.05, 0) is 25.5 Å². The van der Waals surface area contributed by atoms with Crippen LogP contribution in [0.25, 0.3) is 11.0 Å². The third-order valence-electron chi connectivity index (χ3n) is 4.94. The van der Waals surface area contributed by atoms with E-state index in [1.54, 1.807) is 6.92 Å².